The van der Waals surface area contributed by atoms with Crippen LogP contribution in [0.1, 0.15) is 13.3 Å². The van der Waals surface area contributed by atoms with Gasteiger partial charge >= 0.3 is 0 Å². The number of H-pyrrole nitrogens is 1. The third-order valence-corrected chi connectivity index (χ3v) is 2.11. The monoisotopic (exact) mass is 211 g/mol. The molecule has 0 saturated heterocycles. The van der Waals surface area contributed by atoms with Gasteiger partial charge in [-0.2, -0.15) is 5.10 Å². The van der Waals surface area contributed by atoms with Gasteiger partial charge in [0, 0.05) is 0 Å². The number of anilines is 1. The molecule has 2 N–H and O–H groups in total. The van der Waals surface area contributed by atoms with Crippen molar-refractivity contribution in [2.75, 3.05) is 5.32 Å². The van der Waals surface area contributed by atoms with Crippen LogP contribution in [0, 0.1) is 12.3 Å². The second-order valence-electron chi connectivity index (χ2n) is 2.70. The van der Waals surface area contributed by atoms with Crippen molar-refractivity contribution in [1.29, 1.82) is 0 Å². The molecule has 0 fully saturated rings. The third-order valence-electron chi connectivity index (χ3n) is 1.73. The van der Waals surface area contributed by atoms with Crippen LogP contribution in [0.4, 0.5) is 5.69 Å². The maximum atomic E-state index is 11.1. The van der Waals surface area contributed by atoms with Crippen molar-refractivity contribution in [2.24, 2.45) is 0 Å². The number of hydrogen-bond acceptors (Lipinski definition) is 3. The number of terminal acetylenes is 1. The van der Waals surface area contributed by atoms with Crippen LogP contribution >= 0.6 is 11.6 Å². The summed E-state index contributed by atoms with van der Waals surface area (Å²) in [6.07, 6.45) is 7.44. The first-order valence-corrected chi connectivity index (χ1v) is 4.52. The molecule has 0 bridgehead atoms. The topological polar surface area (TPSA) is 57.8 Å². The first-order chi connectivity index (χ1) is 6.69. The Morgan fingerprint density at radius 1 is 1.86 bits per heavy atom. The van der Waals surface area contributed by atoms with Gasteiger partial charge in [-0.05, 0) is 6.42 Å². The van der Waals surface area contributed by atoms with Gasteiger partial charge < -0.3 is 5.32 Å². The molecule has 1 rings (SSSR count). The summed E-state index contributed by atoms with van der Waals surface area (Å²) >= 11 is 5.74. The molecule has 1 aromatic heterocycles. The third kappa shape index (κ3) is 2.27. The minimum atomic E-state index is -0.427. The number of aromatic amines is 1. The van der Waals surface area contributed by atoms with Gasteiger partial charge in [-0.15, -0.1) is 6.42 Å². The molecule has 0 aliphatic carbocycles. The van der Waals surface area contributed by atoms with Crippen LogP contribution in [0.5, 0.6) is 0 Å². The smallest absolute Gasteiger partial charge is 0.285 e. The van der Waals surface area contributed by atoms with E-state index in [2.05, 4.69) is 21.4 Å². The second-order valence-corrected chi connectivity index (χ2v) is 3.08. The Bertz CT molecular complexity index is 407. The summed E-state index contributed by atoms with van der Waals surface area (Å²) in [5, 5.41) is 8.85. The normalized spacial score (nSPS) is 11.8. The fourth-order valence-corrected chi connectivity index (χ4v) is 1.08. The van der Waals surface area contributed by atoms with Crippen LogP contribution in [0.2, 0.25) is 5.02 Å². The molecule has 0 aliphatic heterocycles. The predicted octanol–water partition coefficient (Wildman–Crippen LogP) is 1.25. The van der Waals surface area contributed by atoms with E-state index in [9.17, 15) is 4.79 Å². The van der Waals surface area contributed by atoms with Crippen LogP contribution in [0.15, 0.2) is 11.0 Å². The largest absolute Gasteiger partial charge is 0.369 e. The van der Waals surface area contributed by atoms with Crippen molar-refractivity contribution in [1.82, 2.24) is 10.2 Å². The number of hydrogen-bond donors (Lipinski definition) is 2. The van der Waals surface area contributed by atoms with Crippen LogP contribution in [-0.2, 0) is 0 Å². The molecule has 1 unspecified atom stereocenters. The zero-order valence-electron chi connectivity index (χ0n) is 7.67. The van der Waals surface area contributed by atoms with Gasteiger partial charge in [0.05, 0.1) is 17.9 Å². The van der Waals surface area contributed by atoms with E-state index in [1.807, 2.05) is 6.92 Å². The summed E-state index contributed by atoms with van der Waals surface area (Å²) in [5.74, 6) is 2.54. The minimum absolute atomic E-state index is 0.0775. The van der Waals surface area contributed by atoms with Gasteiger partial charge in [0.15, 0.2) is 0 Å². The zero-order valence-corrected chi connectivity index (χ0v) is 8.43. The zero-order chi connectivity index (χ0) is 10.6. The van der Waals surface area contributed by atoms with Crippen molar-refractivity contribution in [3.05, 3.63) is 21.6 Å². The molecule has 1 aromatic rings. The van der Waals surface area contributed by atoms with E-state index in [0.29, 0.717) is 5.69 Å². The van der Waals surface area contributed by atoms with Crippen molar-refractivity contribution < 1.29 is 0 Å². The van der Waals surface area contributed by atoms with Gasteiger partial charge in [-0.1, -0.05) is 24.4 Å². The lowest BCUT2D eigenvalue weighted by atomic mass is 10.2. The fraction of sp³-hybridized carbons (Fsp3) is 0.333. The lowest BCUT2D eigenvalue weighted by Crippen LogP contribution is -2.19. The fourth-order valence-electron chi connectivity index (χ4n) is 0.933. The Morgan fingerprint density at radius 3 is 3.14 bits per heavy atom. The molecule has 0 radical (unpaired) electrons. The molecule has 0 aliphatic rings. The van der Waals surface area contributed by atoms with E-state index < -0.39 is 5.56 Å². The molecule has 4 nitrogen and oxygen atoms in total. The van der Waals surface area contributed by atoms with Gasteiger partial charge in [0.2, 0.25) is 0 Å². The average molecular weight is 212 g/mol. The van der Waals surface area contributed by atoms with E-state index in [0.717, 1.165) is 6.42 Å². The summed E-state index contributed by atoms with van der Waals surface area (Å²) in [6, 6.07) is -0.143. The lowest BCUT2D eigenvalue weighted by Gasteiger charge is -2.11. The molecule has 1 atom stereocenters. The molecule has 74 valence electrons. The maximum absolute atomic E-state index is 11.1. The number of rotatable bonds is 3. The Morgan fingerprint density at radius 2 is 2.57 bits per heavy atom. The molecule has 14 heavy (non-hydrogen) atoms. The van der Waals surface area contributed by atoms with E-state index in [1.54, 1.807) is 0 Å². The van der Waals surface area contributed by atoms with Crippen LogP contribution in [0.3, 0.4) is 0 Å². The summed E-state index contributed by atoms with van der Waals surface area (Å²) < 4.78 is 0. The Balaban J connectivity index is 2.93. The summed E-state index contributed by atoms with van der Waals surface area (Å²) in [6.45, 7) is 1.94. The number of nitrogens with zero attached hydrogens (tertiary/aromatic N) is 1. The SMILES string of the molecule is C#CC(CC)Nc1cn[nH]c(=O)c1Cl. The van der Waals surface area contributed by atoms with Crippen LogP contribution < -0.4 is 10.9 Å². The van der Waals surface area contributed by atoms with Gasteiger partial charge in [-0.25, -0.2) is 5.10 Å². The molecule has 0 saturated carbocycles. The first-order valence-electron chi connectivity index (χ1n) is 4.14. The van der Waals surface area contributed by atoms with Crippen molar-refractivity contribution in [3.8, 4) is 12.3 Å². The highest BCUT2D eigenvalue weighted by Gasteiger charge is 2.07. The van der Waals surface area contributed by atoms with E-state index >= 15 is 0 Å². The Labute approximate surface area is 86.7 Å². The van der Waals surface area contributed by atoms with E-state index in [4.69, 9.17) is 18.0 Å². The highest BCUT2D eigenvalue weighted by atomic mass is 35.5. The number of nitrogens with one attached hydrogen (secondary N) is 2. The van der Waals surface area contributed by atoms with E-state index in [1.165, 1.54) is 6.20 Å². The molecule has 0 amide bonds. The standard InChI is InChI=1S/C9H10ClN3O/c1-3-6(4-2)12-7-5-11-13-9(14)8(7)10/h1,5-6H,4H2,2H3,(H2,12,13,14). The second kappa shape index (κ2) is 4.68. The predicted molar refractivity (Wildman–Crippen MR) is 56.4 cm³/mol. The quantitative estimate of drug-likeness (QED) is 0.740. The van der Waals surface area contributed by atoms with Crippen molar-refractivity contribution >= 4 is 17.3 Å². The molecular formula is C9H10ClN3O. The Hall–Kier alpha value is -1.47. The number of aromatic nitrogens is 2. The van der Waals surface area contributed by atoms with Crippen molar-refractivity contribution in [2.45, 2.75) is 19.4 Å². The van der Waals surface area contributed by atoms with Gasteiger partial charge in [-0.3, -0.25) is 4.79 Å². The highest BCUT2D eigenvalue weighted by Crippen LogP contribution is 2.15. The average Bonchev–Trinajstić information content (AvgIpc) is 2.20. The molecule has 5 heteroatoms. The summed E-state index contributed by atoms with van der Waals surface area (Å²) in [4.78, 5) is 11.1. The molecule has 0 aromatic carbocycles. The van der Waals surface area contributed by atoms with Gasteiger partial charge in [0.25, 0.3) is 5.56 Å². The molecular weight excluding hydrogens is 202 g/mol. The molecule has 1 heterocycles. The first kappa shape index (κ1) is 10.6. The minimum Gasteiger partial charge on any atom is -0.369 e. The van der Waals surface area contributed by atoms with Crippen molar-refractivity contribution in [3.63, 3.8) is 0 Å². The molecule has 0 spiro atoms. The highest BCUT2D eigenvalue weighted by molar-refractivity contribution is 6.32. The Kier molecular flexibility index (Phi) is 3.55. The lowest BCUT2D eigenvalue weighted by molar-refractivity contribution is 0.852. The summed E-state index contributed by atoms with van der Waals surface area (Å²) in [7, 11) is 0. The van der Waals surface area contributed by atoms with Crippen LogP contribution in [-0.4, -0.2) is 16.2 Å². The van der Waals surface area contributed by atoms with Crippen LogP contribution in [0.25, 0.3) is 0 Å². The number of halogens is 1. The van der Waals surface area contributed by atoms with Gasteiger partial charge in [0.1, 0.15) is 5.02 Å². The van der Waals surface area contributed by atoms with E-state index in [-0.39, 0.29) is 11.1 Å². The maximum Gasteiger partial charge on any atom is 0.285 e. The summed E-state index contributed by atoms with van der Waals surface area (Å²) in [5.41, 5.74) is 0.0313.